The molecule has 1 aromatic rings. The number of likely N-dealkylation sites (N-methyl/N-ethyl adjacent to an activating group) is 1. The molecule has 1 aliphatic carbocycles. The minimum Gasteiger partial charge on any atom is -0.380 e. The van der Waals surface area contributed by atoms with E-state index in [-0.39, 0.29) is 11.2 Å². The highest BCUT2D eigenvalue weighted by Gasteiger charge is 2.34. The number of Topliss-reactive ketones (excluding diaryl/α,β-unsaturated/α-hetero) is 1. The van der Waals surface area contributed by atoms with Crippen molar-refractivity contribution in [2.24, 2.45) is 5.41 Å². The lowest BCUT2D eigenvalue weighted by Gasteiger charge is -2.26. The van der Waals surface area contributed by atoms with E-state index in [2.05, 4.69) is 23.7 Å². The van der Waals surface area contributed by atoms with Crippen molar-refractivity contribution in [2.75, 3.05) is 31.7 Å². The molecule has 0 unspecified atom stereocenters. The third kappa shape index (κ3) is 3.34. The number of anilines is 1. The van der Waals surface area contributed by atoms with Crippen molar-refractivity contribution in [2.45, 2.75) is 33.6 Å². The fraction of sp³-hybridized carbons (Fsp3) is 0.714. The van der Waals surface area contributed by atoms with E-state index in [0.717, 1.165) is 35.3 Å². The monoisotopic (exact) mass is 282 g/mol. The number of fused-ring (bicyclic) bond motifs is 1. The van der Waals surface area contributed by atoms with Crippen LogP contribution in [0.1, 0.15) is 42.6 Å². The minimum atomic E-state index is 0.0410. The Morgan fingerprint density at radius 2 is 2.16 bits per heavy atom. The summed E-state index contributed by atoms with van der Waals surface area (Å²) in [5, 5.41) is 0.927. The topological polar surface area (TPSA) is 42.4 Å². The highest BCUT2D eigenvalue weighted by Crippen LogP contribution is 2.38. The van der Waals surface area contributed by atoms with Crippen molar-refractivity contribution >= 4 is 22.3 Å². The molecule has 0 N–H and O–H groups in total. The van der Waals surface area contributed by atoms with Crippen LogP contribution in [0.15, 0.2) is 0 Å². The Bertz CT molecular complexity index is 468. The molecule has 2 rings (SSSR count). The lowest BCUT2D eigenvalue weighted by atomic mass is 9.78. The Morgan fingerprint density at radius 3 is 2.84 bits per heavy atom. The summed E-state index contributed by atoms with van der Waals surface area (Å²) in [5.41, 5.74) is 1.02. The summed E-state index contributed by atoms with van der Waals surface area (Å²) in [5.74, 6) is 0.244. The summed E-state index contributed by atoms with van der Waals surface area (Å²) in [7, 11) is 2.00. The maximum Gasteiger partial charge on any atom is 0.186 e. The number of hydrogen-bond donors (Lipinski definition) is 0. The lowest BCUT2D eigenvalue weighted by Crippen LogP contribution is -2.26. The molecule has 4 nitrogen and oxygen atoms in total. The minimum absolute atomic E-state index is 0.0410. The molecule has 0 saturated heterocycles. The predicted octanol–water partition coefficient (Wildman–Crippen LogP) is 2.77. The number of ketones is 1. The SMILES string of the molecule is CCOCCN(C)c1nc2c(s1)C(=O)CC(C)(C)C2. The Kier molecular flexibility index (Phi) is 4.26. The van der Waals surface area contributed by atoms with Crippen molar-refractivity contribution in [3.05, 3.63) is 10.6 Å². The molecule has 0 spiro atoms. The maximum absolute atomic E-state index is 12.1. The van der Waals surface area contributed by atoms with E-state index in [1.165, 1.54) is 11.3 Å². The maximum atomic E-state index is 12.1. The molecule has 1 heterocycles. The first-order valence-corrected chi connectivity index (χ1v) is 7.56. The van der Waals surface area contributed by atoms with Gasteiger partial charge in [0.2, 0.25) is 0 Å². The molecule has 0 fully saturated rings. The summed E-state index contributed by atoms with van der Waals surface area (Å²) < 4.78 is 5.35. The van der Waals surface area contributed by atoms with Gasteiger partial charge in [0.05, 0.1) is 17.2 Å². The summed E-state index contributed by atoms with van der Waals surface area (Å²) >= 11 is 1.52. The molecule has 106 valence electrons. The van der Waals surface area contributed by atoms with Crippen LogP contribution in [0.4, 0.5) is 5.13 Å². The third-order valence-corrected chi connectivity index (χ3v) is 4.58. The molecule has 1 aliphatic rings. The van der Waals surface area contributed by atoms with Crippen molar-refractivity contribution < 1.29 is 9.53 Å². The second-order valence-electron chi connectivity index (χ2n) is 5.83. The van der Waals surface area contributed by atoms with Gasteiger partial charge in [-0.25, -0.2) is 4.98 Å². The van der Waals surface area contributed by atoms with E-state index in [0.29, 0.717) is 13.0 Å². The average Bonchev–Trinajstić information content (AvgIpc) is 2.71. The van der Waals surface area contributed by atoms with E-state index in [4.69, 9.17) is 4.74 Å². The Balaban J connectivity index is 2.12. The van der Waals surface area contributed by atoms with E-state index < -0.39 is 0 Å². The highest BCUT2D eigenvalue weighted by molar-refractivity contribution is 7.17. The molecule has 0 saturated carbocycles. The first-order valence-electron chi connectivity index (χ1n) is 6.75. The Labute approximate surface area is 118 Å². The van der Waals surface area contributed by atoms with Gasteiger partial charge in [-0.3, -0.25) is 4.79 Å². The van der Waals surface area contributed by atoms with Gasteiger partial charge in [0, 0.05) is 26.6 Å². The van der Waals surface area contributed by atoms with E-state index in [1.807, 2.05) is 14.0 Å². The van der Waals surface area contributed by atoms with Gasteiger partial charge < -0.3 is 9.64 Å². The molecular weight excluding hydrogens is 260 g/mol. The van der Waals surface area contributed by atoms with E-state index in [9.17, 15) is 4.79 Å². The van der Waals surface area contributed by atoms with E-state index in [1.54, 1.807) is 0 Å². The summed E-state index contributed by atoms with van der Waals surface area (Å²) in [4.78, 5) is 19.7. The Hall–Kier alpha value is -0.940. The molecule has 1 aromatic heterocycles. The quantitative estimate of drug-likeness (QED) is 0.779. The molecular formula is C14H22N2O2S. The van der Waals surface area contributed by atoms with Gasteiger partial charge in [-0.15, -0.1) is 0 Å². The van der Waals surface area contributed by atoms with Gasteiger partial charge in [0.15, 0.2) is 10.9 Å². The second kappa shape index (κ2) is 5.59. The van der Waals surface area contributed by atoms with Crippen molar-refractivity contribution in [3.63, 3.8) is 0 Å². The van der Waals surface area contributed by atoms with Gasteiger partial charge in [0.25, 0.3) is 0 Å². The molecule has 19 heavy (non-hydrogen) atoms. The average molecular weight is 282 g/mol. The number of aromatic nitrogens is 1. The number of ether oxygens (including phenoxy) is 1. The third-order valence-electron chi connectivity index (χ3n) is 3.33. The van der Waals surface area contributed by atoms with Crippen molar-refractivity contribution in [3.8, 4) is 0 Å². The van der Waals surface area contributed by atoms with Gasteiger partial charge in [-0.05, 0) is 18.8 Å². The molecule has 0 aliphatic heterocycles. The fourth-order valence-electron chi connectivity index (χ4n) is 2.31. The first-order chi connectivity index (χ1) is 8.93. The molecule has 0 bridgehead atoms. The number of rotatable bonds is 5. The van der Waals surface area contributed by atoms with Crippen LogP contribution in [0.3, 0.4) is 0 Å². The van der Waals surface area contributed by atoms with Gasteiger partial charge >= 0.3 is 0 Å². The normalized spacial score (nSPS) is 17.4. The van der Waals surface area contributed by atoms with Crippen LogP contribution in [-0.2, 0) is 11.2 Å². The zero-order chi connectivity index (χ0) is 14.0. The van der Waals surface area contributed by atoms with Crippen LogP contribution >= 0.6 is 11.3 Å². The number of thiazole rings is 1. The van der Waals surface area contributed by atoms with E-state index >= 15 is 0 Å². The smallest absolute Gasteiger partial charge is 0.186 e. The van der Waals surface area contributed by atoms with Gasteiger partial charge in [-0.2, -0.15) is 0 Å². The molecule has 5 heteroatoms. The van der Waals surface area contributed by atoms with Crippen LogP contribution in [0.5, 0.6) is 0 Å². The summed E-state index contributed by atoms with van der Waals surface area (Å²) in [6.07, 6.45) is 1.52. The zero-order valence-corrected chi connectivity index (χ0v) is 13.0. The molecule has 0 atom stereocenters. The largest absolute Gasteiger partial charge is 0.380 e. The summed E-state index contributed by atoms with van der Waals surface area (Å²) in [6.45, 7) is 8.48. The van der Waals surface area contributed by atoms with Crippen LogP contribution in [0.25, 0.3) is 0 Å². The lowest BCUT2D eigenvalue weighted by molar-refractivity contribution is 0.0916. The van der Waals surface area contributed by atoms with Crippen LogP contribution in [0.2, 0.25) is 0 Å². The zero-order valence-electron chi connectivity index (χ0n) is 12.2. The predicted molar refractivity (Wildman–Crippen MR) is 78.3 cm³/mol. The van der Waals surface area contributed by atoms with Crippen molar-refractivity contribution in [1.82, 2.24) is 4.98 Å². The standard InChI is InChI=1S/C14H22N2O2S/c1-5-18-7-6-16(4)13-15-10-8-14(2,3)9-11(17)12(10)19-13/h5-9H2,1-4H3. The van der Waals surface area contributed by atoms with Crippen LogP contribution in [-0.4, -0.2) is 37.6 Å². The molecule has 0 radical (unpaired) electrons. The van der Waals surface area contributed by atoms with Crippen LogP contribution < -0.4 is 4.90 Å². The van der Waals surface area contributed by atoms with Crippen LogP contribution in [0, 0.1) is 5.41 Å². The number of carbonyl (C=O) groups excluding carboxylic acids is 1. The fourth-order valence-corrected chi connectivity index (χ4v) is 3.32. The van der Waals surface area contributed by atoms with Gasteiger partial charge in [-0.1, -0.05) is 25.2 Å². The Morgan fingerprint density at radius 1 is 1.42 bits per heavy atom. The number of nitrogens with zero attached hydrogens (tertiary/aromatic N) is 2. The van der Waals surface area contributed by atoms with Crippen molar-refractivity contribution in [1.29, 1.82) is 0 Å². The second-order valence-corrected chi connectivity index (χ2v) is 6.81. The molecule has 0 aromatic carbocycles. The number of hydrogen-bond acceptors (Lipinski definition) is 5. The highest BCUT2D eigenvalue weighted by atomic mass is 32.1. The molecule has 0 amide bonds. The number of carbonyl (C=O) groups is 1. The summed E-state index contributed by atoms with van der Waals surface area (Å²) in [6, 6.07) is 0. The first kappa shape index (κ1) is 14.5. The van der Waals surface area contributed by atoms with Gasteiger partial charge in [0.1, 0.15) is 0 Å².